The van der Waals surface area contributed by atoms with E-state index < -0.39 is 0 Å². The lowest BCUT2D eigenvalue weighted by molar-refractivity contribution is 0.135. The molecule has 0 saturated heterocycles. The molecule has 3 heteroatoms. The Morgan fingerprint density at radius 3 is 2.53 bits per heavy atom. The van der Waals surface area contributed by atoms with Crippen LogP contribution in [0.4, 0.5) is 0 Å². The van der Waals surface area contributed by atoms with Gasteiger partial charge < -0.3 is 15.2 Å². The van der Waals surface area contributed by atoms with Crippen LogP contribution >= 0.6 is 0 Å². The van der Waals surface area contributed by atoms with E-state index in [1.165, 1.54) is 32.1 Å². The quantitative estimate of drug-likeness (QED) is 0.687. The summed E-state index contributed by atoms with van der Waals surface area (Å²) >= 11 is 0. The van der Waals surface area contributed by atoms with Crippen LogP contribution in [0.25, 0.3) is 0 Å². The second-order valence-corrected chi connectivity index (χ2v) is 5.24. The summed E-state index contributed by atoms with van der Waals surface area (Å²) in [6.07, 6.45) is 8.71. The van der Waals surface area contributed by atoms with E-state index in [4.69, 9.17) is 4.74 Å². The van der Waals surface area contributed by atoms with Crippen molar-refractivity contribution in [3.05, 3.63) is 0 Å². The van der Waals surface area contributed by atoms with Gasteiger partial charge in [-0.3, -0.25) is 0 Å². The van der Waals surface area contributed by atoms with Crippen LogP contribution in [-0.4, -0.2) is 37.5 Å². The molecule has 2 unspecified atom stereocenters. The molecule has 0 aromatic carbocycles. The third kappa shape index (κ3) is 5.36. The molecule has 1 saturated carbocycles. The number of hydrogen-bond acceptors (Lipinski definition) is 3. The summed E-state index contributed by atoms with van der Waals surface area (Å²) in [5.74, 6) is 0.752. The summed E-state index contributed by atoms with van der Waals surface area (Å²) in [4.78, 5) is 0. The Balaban J connectivity index is 2.44. The molecule has 1 aliphatic rings. The van der Waals surface area contributed by atoms with Gasteiger partial charge in [-0.05, 0) is 31.6 Å². The van der Waals surface area contributed by atoms with E-state index >= 15 is 0 Å². The van der Waals surface area contributed by atoms with Gasteiger partial charge in [0, 0.05) is 25.8 Å². The summed E-state index contributed by atoms with van der Waals surface area (Å²) in [5.41, 5.74) is 0. The predicted molar refractivity (Wildman–Crippen MR) is 71.2 cm³/mol. The average Bonchev–Trinajstić information content (AvgIpc) is 2.38. The van der Waals surface area contributed by atoms with Crippen LogP contribution in [0.1, 0.15) is 51.9 Å². The first-order valence-corrected chi connectivity index (χ1v) is 7.17. The molecular formula is C14H29NO2. The van der Waals surface area contributed by atoms with Gasteiger partial charge in [0.2, 0.25) is 0 Å². The first kappa shape index (κ1) is 14.9. The van der Waals surface area contributed by atoms with Crippen LogP contribution in [0.15, 0.2) is 0 Å². The van der Waals surface area contributed by atoms with E-state index in [-0.39, 0.29) is 6.61 Å². The molecule has 1 fully saturated rings. The normalized spacial score (nSPS) is 21.4. The number of ether oxygens (including phenoxy) is 1. The Kier molecular flexibility index (Phi) is 7.82. The highest BCUT2D eigenvalue weighted by Gasteiger charge is 2.24. The molecule has 0 spiro atoms. The monoisotopic (exact) mass is 243 g/mol. The summed E-state index contributed by atoms with van der Waals surface area (Å²) in [7, 11) is 1.76. The van der Waals surface area contributed by atoms with Gasteiger partial charge in [0.25, 0.3) is 0 Å². The van der Waals surface area contributed by atoms with E-state index in [9.17, 15) is 5.11 Å². The molecule has 17 heavy (non-hydrogen) atoms. The fraction of sp³-hybridized carbons (Fsp3) is 1.00. The van der Waals surface area contributed by atoms with E-state index in [2.05, 4.69) is 12.2 Å². The molecule has 3 nitrogen and oxygen atoms in total. The second-order valence-electron chi connectivity index (χ2n) is 5.24. The topological polar surface area (TPSA) is 41.5 Å². The Hall–Kier alpha value is -0.120. The van der Waals surface area contributed by atoms with Crippen molar-refractivity contribution < 1.29 is 9.84 Å². The molecule has 0 amide bonds. The zero-order valence-electron chi connectivity index (χ0n) is 11.5. The van der Waals surface area contributed by atoms with Crippen LogP contribution in [-0.2, 0) is 4.74 Å². The molecule has 0 aromatic rings. The number of rotatable bonds is 8. The summed E-state index contributed by atoms with van der Waals surface area (Å²) < 4.78 is 5.24. The summed E-state index contributed by atoms with van der Waals surface area (Å²) in [6.45, 7) is 3.25. The third-order valence-electron chi connectivity index (χ3n) is 3.97. The van der Waals surface area contributed by atoms with Crippen molar-refractivity contribution in [1.82, 2.24) is 5.32 Å². The lowest BCUT2D eigenvalue weighted by Gasteiger charge is -2.33. The highest BCUT2D eigenvalue weighted by molar-refractivity contribution is 4.82. The van der Waals surface area contributed by atoms with Gasteiger partial charge in [0.15, 0.2) is 0 Å². The molecule has 1 rings (SSSR count). The van der Waals surface area contributed by atoms with Gasteiger partial charge >= 0.3 is 0 Å². The molecule has 0 aromatic heterocycles. The smallest absolute Gasteiger partial charge is 0.0615 e. The van der Waals surface area contributed by atoms with Gasteiger partial charge in [0.1, 0.15) is 0 Å². The highest BCUT2D eigenvalue weighted by Crippen LogP contribution is 2.28. The first-order valence-electron chi connectivity index (χ1n) is 7.17. The van der Waals surface area contributed by atoms with Crippen molar-refractivity contribution in [2.24, 2.45) is 5.92 Å². The zero-order valence-corrected chi connectivity index (χ0v) is 11.5. The van der Waals surface area contributed by atoms with Crippen molar-refractivity contribution in [1.29, 1.82) is 0 Å². The van der Waals surface area contributed by atoms with Crippen molar-refractivity contribution in [2.75, 3.05) is 20.3 Å². The molecule has 2 atom stereocenters. The van der Waals surface area contributed by atoms with Crippen LogP contribution in [0, 0.1) is 5.92 Å². The van der Waals surface area contributed by atoms with Crippen LogP contribution in [0.2, 0.25) is 0 Å². The molecular weight excluding hydrogens is 214 g/mol. The Morgan fingerprint density at radius 2 is 2.00 bits per heavy atom. The average molecular weight is 243 g/mol. The largest absolute Gasteiger partial charge is 0.396 e. The molecule has 1 aliphatic carbocycles. The zero-order chi connectivity index (χ0) is 12.5. The number of methoxy groups -OCH3 is 1. The number of aliphatic hydroxyl groups excluding tert-OH is 1. The SMILES string of the molecule is CCC(COC)NC(CCO)C1CCCCC1. The van der Waals surface area contributed by atoms with Crippen molar-refractivity contribution >= 4 is 0 Å². The van der Waals surface area contributed by atoms with E-state index in [0.29, 0.717) is 12.1 Å². The second kappa shape index (κ2) is 8.90. The van der Waals surface area contributed by atoms with E-state index in [1.807, 2.05) is 0 Å². The summed E-state index contributed by atoms with van der Waals surface area (Å²) in [6, 6.07) is 0.902. The van der Waals surface area contributed by atoms with Crippen LogP contribution in [0.3, 0.4) is 0 Å². The molecule has 0 aliphatic heterocycles. The van der Waals surface area contributed by atoms with Gasteiger partial charge in [-0.1, -0.05) is 26.2 Å². The fourth-order valence-corrected chi connectivity index (χ4v) is 2.92. The minimum absolute atomic E-state index is 0.289. The molecule has 2 N–H and O–H groups in total. The van der Waals surface area contributed by atoms with E-state index in [1.54, 1.807) is 7.11 Å². The third-order valence-corrected chi connectivity index (χ3v) is 3.97. The van der Waals surface area contributed by atoms with Crippen molar-refractivity contribution in [2.45, 2.75) is 64.0 Å². The Bertz CT molecular complexity index is 181. The first-order chi connectivity index (χ1) is 8.31. The van der Waals surface area contributed by atoms with Crippen molar-refractivity contribution in [3.8, 4) is 0 Å². The standard InChI is InChI=1S/C14H29NO2/c1-3-13(11-17-2)15-14(9-10-16)12-7-5-4-6-8-12/h12-16H,3-11H2,1-2H3. The lowest BCUT2D eigenvalue weighted by atomic mass is 9.82. The molecule has 102 valence electrons. The minimum Gasteiger partial charge on any atom is -0.396 e. The maximum Gasteiger partial charge on any atom is 0.0615 e. The van der Waals surface area contributed by atoms with Gasteiger partial charge in [-0.25, -0.2) is 0 Å². The Morgan fingerprint density at radius 1 is 1.29 bits per heavy atom. The van der Waals surface area contributed by atoms with Gasteiger partial charge in [0.05, 0.1) is 6.61 Å². The summed E-state index contributed by atoms with van der Waals surface area (Å²) in [5, 5.41) is 12.9. The maximum absolute atomic E-state index is 9.21. The number of hydrogen-bond donors (Lipinski definition) is 2. The molecule has 0 bridgehead atoms. The predicted octanol–water partition coefficient (Wildman–Crippen LogP) is 2.33. The highest BCUT2D eigenvalue weighted by atomic mass is 16.5. The lowest BCUT2D eigenvalue weighted by Crippen LogP contribution is -2.45. The van der Waals surface area contributed by atoms with Crippen molar-refractivity contribution in [3.63, 3.8) is 0 Å². The minimum atomic E-state index is 0.289. The van der Waals surface area contributed by atoms with Gasteiger partial charge in [-0.2, -0.15) is 0 Å². The number of nitrogens with one attached hydrogen (secondary N) is 1. The Labute approximate surface area is 106 Å². The maximum atomic E-state index is 9.21. The van der Waals surface area contributed by atoms with Crippen LogP contribution in [0.5, 0.6) is 0 Å². The molecule has 0 heterocycles. The van der Waals surface area contributed by atoms with Gasteiger partial charge in [-0.15, -0.1) is 0 Å². The molecule has 0 radical (unpaired) electrons. The number of aliphatic hydroxyl groups is 1. The van der Waals surface area contributed by atoms with Crippen LogP contribution < -0.4 is 5.32 Å². The fourth-order valence-electron chi connectivity index (χ4n) is 2.92. The van der Waals surface area contributed by atoms with E-state index in [0.717, 1.165) is 25.4 Å².